The number of benzene rings is 2. The summed E-state index contributed by atoms with van der Waals surface area (Å²) in [5, 5.41) is 14.0. The molecule has 1 amide bonds. The Labute approximate surface area is 140 Å². The van der Waals surface area contributed by atoms with Gasteiger partial charge in [0.05, 0.1) is 12.6 Å². The lowest BCUT2D eigenvalue weighted by molar-refractivity contribution is 0.0938. The molecule has 0 spiro atoms. The van der Waals surface area contributed by atoms with Gasteiger partial charge in [0.1, 0.15) is 0 Å². The van der Waals surface area contributed by atoms with Crippen molar-refractivity contribution < 1.29 is 9.90 Å². The lowest BCUT2D eigenvalue weighted by atomic mass is 10.0. The number of nitrogens with one attached hydrogen (secondary N) is 1. The molecule has 0 aliphatic carbocycles. The van der Waals surface area contributed by atoms with Crippen LogP contribution in [0.2, 0.25) is 0 Å². The highest BCUT2D eigenvalue weighted by Crippen LogP contribution is 2.17. The predicted octanol–water partition coefficient (Wildman–Crippen LogP) is 2.16. The van der Waals surface area contributed by atoms with Gasteiger partial charge in [-0.1, -0.05) is 30.3 Å². The molecule has 1 heterocycles. The number of hydrogen-bond donors (Lipinski definition) is 3. The van der Waals surface area contributed by atoms with Gasteiger partial charge >= 0.3 is 0 Å². The Hall–Kier alpha value is -2.76. The number of nitrogens with two attached hydrogens (primary N) is 1. The second kappa shape index (κ2) is 7.21. The zero-order valence-corrected chi connectivity index (χ0v) is 13.1. The third-order valence-electron chi connectivity index (χ3n) is 4.01. The number of aliphatic hydroxyl groups is 1. The lowest BCUT2D eigenvalue weighted by Gasteiger charge is -2.18. The molecule has 0 aliphatic heterocycles. The van der Waals surface area contributed by atoms with Crippen molar-refractivity contribution >= 4 is 16.7 Å². The summed E-state index contributed by atoms with van der Waals surface area (Å²) in [7, 11) is 0. The number of aromatic nitrogens is 1. The van der Waals surface area contributed by atoms with Gasteiger partial charge < -0.3 is 16.2 Å². The first-order chi connectivity index (χ1) is 11.7. The predicted molar refractivity (Wildman–Crippen MR) is 93.4 cm³/mol. The van der Waals surface area contributed by atoms with E-state index in [1.807, 2.05) is 42.5 Å². The van der Waals surface area contributed by atoms with Crippen LogP contribution in [0, 0.1) is 0 Å². The first-order valence-electron chi connectivity index (χ1n) is 7.75. The fourth-order valence-electron chi connectivity index (χ4n) is 2.60. The van der Waals surface area contributed by atoms with Gasteiger partial charge in [-0.3, -0.25) is 9.78 Å². The minimum Gasteiger partial charge on any atom is -0.392 e. The van der Waals surface area contributed by atoms with Crippen molar-refractivity contribution in [2.75, 3.05) is 6.54 Å². The smallest absolute Gasteiger partial charge is 0.251 e. The molecule has 5 heteroatoms. The summed E-state index contributed by atoms with van der Waals surface area (Å²) >= 11 is 0. The number of fused-ring (bicyclic) bond motifs is 1. The van der Waals surface area contributed by atoms with Crippen LogP contribution >= 0.6 is 0 Å². The molecular formula is C19H19N3O2. The van der Waals surface area contributed by atoms with Crippen LogP contribution in [-0.2, 0) is 6.61 Å². The van der Waals surface area contributed by atoms with Gasteiger partial charge in [-0.05, 0) is 34.7 Å². The third kappa shape index (κ3) is 3.42. The Morgan fingerprint density at radius 1 is 1.12 bits per heavy atom. The maximum absolute atomic E-state index is 12.5. The molecule has 122 valence electrons. The van der Waals surface area contributed by atoms with Crippen LogP contribution in [0.25, 0.3) is 10.8 Å². The van der Waals surface area contributed by atoms with E-state index in [1.165, 1.54) is 0 Å². The fourth-order valence-corrected chi connectivity index (χ4v) is 2.60. The molecule has 0 radical (unpaired) electrons. The molecule has 0 aliphatic rings. The van der Waals surface area contributed by atoms with Crippen LogP contribution in [0.3, 0.4) is 0 Å². The van der Waals surface area contributed by atoms with Gasteiger partial charge in [-0.2, -0.15) is 0 Å². The highest BCUT2D eigenvalue weighted by Gasteiger charge is 2.14. The SMILES string of the molecule is NCC(NC(=O)c1ccc2cnccc2c1)c1ccc(CO)cc1. The number of rotatable bonds is 5. The van der Waals surface area contributed by atoms with Crippen molar-refractivity contribution in [2.45, 2.75) is 12.6 Å². The van der Waals surface area contributed by atoms with Gasteiger partial charge in [0, 0.05) is 29.9 Å². The largest absolute Gasteiger partial charge is 0.392 e. The van der Waals surface area contributed by atoms with Crippen molar-refractivity contribution in [3.05, 3.63) is 77.6 Å². The highest BCUT2D eigenvalue weighted by molar-refractivity contribution is 5.98. The molecule has 1 atom stereocenters. The fraction of sp³-hybridized carbons (Fsp3) is 0.158. The summed E-state index contributed by atoms with van der Waals surface area (Å²) in [5.41, 5.74) is 8.14. The summed E-state index contributed by atoms with van der Waals surface area (Å²) in [5.74, 6) is -0.171. The Morgan fingerprint density at radius 2 is 1.92 bits per heavy atom. The van der Waals surface area contributed by atoms with Crippen molar-refractivity contribution in [1.29, 1.82) is 0 Å². The number of nitrogens with zero attached hydrogens (tertiary/aromatic N) is 1. The molecule has 3 aromatic rings. The Bertz CT molecular complexity index is 847. The maximum Gasteiger partial charge on any atom is 0.251 e. The van der Waals surface area contributed by atoms with Crippen LogP contribution in [-0.4, -0.2) is 22.5 Å². The normalized spacial score (nSPS) is 12.1. The minimum atomic E-state index is -0.279. The van der Waals surface area contributed by atoms with Crippen LogP contribution in [0.5, 0.6) is 0 Å². The van der Waals surface area contributed by atoms with Crippen LogP contribution in [0.15, 0.2) is 60.9 Å². The van der Waals surface area contributed by atoms with E-state index in [0.717, 1.165) is 21.9 Å². The molecule has 2 aromatic carbocycles. The van der Waals surface area contributed by atoms with Crippen LogP contribution in [0.1, 0.15) is 27.5 Å². The lowest BCUT2D eigenvalue weighted by Crippen LogP contribution is -2.33. The van der Waals surface area contributed by atoms with E-state index >= 15 is 0 Å². The third-order valence-corrected chi connectivity index (χ3v) is 4.01. The van der Waals surface area contributed by atoms with E-state index in [-0.39, 0.29) is 18.6 Å². The molecule has 5 nitrogen and oxygen atoms in total. The number of aliphatic hydroxyl groups excluding tert-OH is 1. The minimum absolute atomic E-state index is 0.00806. The monoisotopic (exact) mass is 321 g/mol. The quantitative estimate of drug-likeness (QED) is 0.672. The number of pyridine rings is 1. The second-order valence-corrected chi connectivity index (χ2v) is 5.60. The molecule has 1 aromatic heterocycles. The van der Waals surface area contributed by atoms with Gasteiger partial charge in [-0.25, -0.2) is 0 Å². The van der Waals surface area contributed by atoms with Crippen LogP contribution in [0.4, 0.5) is 0 Å². The molecule has 0 saturated carbocycles. The van der Waals surface area contributed by atoms with Gasteiger partial charge in [0.25, 0.3) is 5.91 Å². The van der Waals surface area contributed by atoms with Crippen LogP contribution < -0.4 is 11.1 Å². The molecule has 0 fully saturated rings. The summed E-state index contributed by atoms with van der Waals surface area (Å²) < 4.78 is 0. The average molecular weight is 321 g/mol. The molecule has 0 bridgehead atoms. The molecule has 0 saturated heterocycles. The second-order valence-electron chi connectivity index (χ2n) is 5.60. The standard InChI is InChI=1S/C19H19N3O2/c20-10-18(14-3-1-13(12-23)2-4-14)22-19(24)16-5-6-17-11-21-8-7-15(17)9-16/h1-9,11,18,23H,10,12,20H2,(H,22,24). The number of hydrogen-bond acceptors (Lipinski definition) is 4. The average Bonchev–Trinajstić information content (AvgIpc) is 2.65. The number of amides is 1. The Morgan fingerprint density at radius 3 is 2.62 bits per heavy atom. The zero-order valence-electron chi connectivity index (χ0n) is 13.1. The van der Waals surface area contributed by atoms with Crippen molar-refractivity contribution in [1.82, 2.24) is 10.3 Å². The number of carbonyl (C=O) groups excluding carboxylic acids is 1. The van der Waals surface area contributed by atoms with E-state index in [0.29, 0.717) is 12.1 Å². The zero-order chi connectivity index (χ0) is 16.9. The first-order valence-corrected chi connectivity index (χ1v) is 7.75. The van der Waals surface area contributed by atoms with E-state index in [2.05, 4.69) is 10.3 Å². The van der Waals surface area contributed by atoms with Crippen molar-refractivity contribution in [3.8, 4) is 0 Å². The van der Waals surface area contributed by atoms with Gasteiger partial charge in [-0.15, -0.1) is 0 Å². The topological polar surface area (TPSA) is 88.2 Å². The van der Waals surface area contributed by atoms with Crippen molar-refractivity contribution in [3.63, 3.8) is 0 Å². The summed E-state index contributed by atoms with van der Waals surface area (Å²) in [4.78, 5) is 16.6. The summed E-state index contributed by atoms with van der Waals surface area (Å²) in [6.07, 6.45) is 3.47. The molecule has 24 heavy (non-hydrogen) atoms. The van der Waals surface area contributed by atoms with Gasteiger partial charge in [0.2, 0.25) is 0 Å². The summed E-state index contributed by atoms with van der Waals surface area (Å²) in [6, 6.07) is 14.5. The van der Waals surface area contributed by atoms with Gasteiger partial charge in [0.15, 0.2) is 0 Å². The van der Waals surface area contributed by atoms with E-state index in [1.54, 1.807) is 18.5 Å². The summed E-state index contributed by atoms with van der Waals surface area (Å²) in [6.45, 7) is 0.285. The van der Waals surface area contributed by atoms with E-state index in [4.69, 9.17) is 10.8 Å². The first kappa shape index (κ1) is 16.1. The maximum atomic E-state index is 12.5. The van der Waals surface area contributed by atoms with E-state index < -0.39 is 0 Å². The van der Waals surface area contributed by atoms with Crippen molar-refractivity contribution in [2.24, 2.45) is 5.73 Å². The molecule has 3 rings (SSSR count). The molecule has 1 unspecified atom stereocenters. The molecule has 4 N–H and O–H groups in total. The number of carbonyl (C=O) groups is 1. The molecular weight excluding hydrogens is 302 g/mol. The Kier molecular flexibility index (Phi) is 4.84. The van der Waals surface area contributed by atoms with E-state index in [9.17, 15) is 4.79 Å². The Balaban J connectivity index is 1.79. The highest BCUT2D eigenvalue weighted by atomic mass is 16.3.